The molecule has 0 aliphatic carbocycles. The number of unbranched alkanes of at least 4 members (excludes halogenated alkanes) is 1. The minimum absolute atomic E-state index is 0.348. The van der Waals surface area contributed by atoms with Gasteiger partial charge in [0.2, 0.25) is 4.24 Å². The first-order valence-corrected chi connectivity index (χ1v) is 7.69. The van der Waals surface area contributed by atoms with Crippen LogP contribution in [0.15, 0.2) is 9.93 Å². The average molecular weight is 235 g/mol. The number of hydrogen-bond donors (Lipinski definition) is 1. The van der Waals surface area contributed by atoms with Crippen molar-refractivity contribution in [3.05, 3.63) is 9.93 Å². The van der Waals surface area contributed by atoms with Gasteiger partial charge in [0.05, 0.1) is 5.70 Å². The van der Waals surface area contributed by atoms with Gasteiger partial charge in [-0.05, 0) is 23.9 Å². The van der Waals surface area contributed by atoms with Crippen LogP contribution in [0.2, 0.25) is 0 Å². The van der Waals surface area contributed by atoms with E-state index in [9.17, 15) is 4.55 Å². The summed E-state index contributed by atoms with van der Waals surface area (Å²) in [7, 11) is 0. The predicted octanol–water partition coefficient (Wildman–Crippen LogP) is 2.68. The Balaban J connectivity index is 4.43. The summed E-state index contributed by atoms with van der Waals surface area (Å²) >= 11 is 0.560. The molecule has 0 fully saturated rings. The number of nitrogens with two attached hydrogens (primary N) is 1. The Morgan fingerprint density at radius 1 is 1.57 bits per heavy atom. The second kappa shape index (κ2) is 7.49. The van der Waals surface area contributed by atoms with E-state index in [4.69, 9.17) is 5.73 Å². The van der Waals surface area contributed by atoms with Crippen molar-refractivity contribution in [2.24, 2.45) is 11.7 Å². The molecule has 0 radical (unpaired) electrons. The smallest absolute Gasteiger partial charge is 0.204 e. The SMILES string of the molecule is CCCCC(C)/C(N)=C(\SC)[S+](C)[O-]. The lowest BCUT2D eigenvalue weighted by molar-refractivity contribution is 0.565. The monoisotopic (exact) mass is 235 g/mol. The van der Waals surface area contributed by atoms with Gasteiger partial charge in [0.25, 0.3) is 0 Å². The third-order valence-electron chi connectivity index (χ3n) is 2.20. The lowest BCUT2D eigenvalue weighted by Crippen LogP contribution is -2.15. The molecule has 0 heterocycles. The van der Waals surface area contributed by atoms with Crippen molar-refractivity contribution in [1.82, 2.24) is 0 Å². The highest BCUT2D eigenvalue weighted by Crippen LogP contribution is 2.26. The molecular formula is C10H21NOS2. The van der Waals surface area contributed by atoms with Crippen LogP contribution < -0.4 is 5.73 Å². The van der Waals surface area contributed by atoms with E-state index in [1.54, 1.807) is 6.26 Å². The van der Waals surface area contributed by atoms with E-state index < -0.39 is 11.2 Å². The molecule has 0 saturated carbocycles. The highest BCUT2D eigenvalue weighted by Gasteiger charge is 2.17. The number of allylic oxidation sites excluding steroid dienone is 1. The van der Waals surface area contributed by atoms with E-state index >= 15 is 0 Å². The van der Waals surface area contributed by atoms with E-state index in [2.05, 4.69) is 13.8 Å². The molecule has 0 aliphatic heterocycles. The fraction of sp³-hybridized carbons (Fsp3) is 0.800. The number of hydrogen-bond acceptors (Lipinski definition) is 3. The minimum Gasteiger partial charge on any atom is -0.611 e. The molecule has 84 valence electrons. The van der Waals surface area contributed by atoms with Crippen LogP contribution in [0.25, 0.3) is 0 Å². The van der Waals surface area contributed by atoms with E-state index in [1.165, 1.54) is 24.6 Å². The maximum Gasteiger partial charge on any atom is 0.204 e. The third kappa shape index (κ3) is 4.62. The van der Waals surface area contributed by atoms with E-state index in [1.807, 2.05) is 6.26 Å². The third-order valence-corrected chi connectivity index (χ3v) is 4.77. The maximum atomic E-state index is 11.3. The quantitative estimate of drug-likeness (QED) is 0.720. The summed E-state index contributed by atoms with van der Waals surface area (Å²) in [6.07, 6.45) is 7.06. The molecule has 0 aliphatic rings. The first-order chi connectivity index (χ1) is 6.54. The lowest BCUT2D eigenvalue weighted by Gasteiger charge is -2.15. The van der Waals surface area contributed by atoms with Gasteiger partial charge >= 0.3 is 0 Å². The number of rotatable bonds is 6. The Bertz CT molecular complexity index is 193. The summed E-state index contributed by atoms with van der Waals surface area (Å²) in [4.78, 5) is 0. The van der Waals surface area contributed by atoms with Crippen molar-refractivity contribution in [2.75, 3.05) is 12.5 Å². The summed E-state index contributed by atoms with van der Waals surface area (Å²) in [6, 6.07) is 0. The Morgan fingerprint density at radius 3 is 2.50 bits per heavy atom. The summed E-state index contributed by atoms with van der Waals surface area (Å²) in [5.74, 6) is 0.348. The second-order valence-corrected chi connectivity index (χ2v) is 5.84. The van der Waals surface area contributed by atoms with Crippen LogP contribution in [0, 0.1) is 5.92 Å². The zero-order valence-electron chi connectivity index (χ0n) is 9.50. The average Bonchev–Trinajstić information content (AvgIpc) is 2.14. The summed E-state index contributed by atoms with van der Waals surface area (Å²) < 4.78 is 12.2. The molecule has 2 atom stereocenters. The molecule has 0 rings (SSSR count). The second-order valence-electron chi connectivity index (χ2n) is 3.44. The Hall–Kier alpha value is 0.200. The van der Waals surface area contributed by atoms with Gasteiger partial charge in [-0.1, -0.05) is 38.5 Å². The highest BCUT2D eigenvalue weighted by molar-refractivity contribution is 8.18. The molecular weight excluding hydrogens is 214 g/mol. The zero-order valence-corrected chi connectivity index (χ0v) is 11.1. The molecule has 14 heavy (non-hydrogen) atoms. The van der Waals surface area contributed by atoms with Crippen molar-refractivity contribution < 1.29 is 4.55 Å². The molecule has 0 aromatic heterocycles. The Kier molecular flexibility index (Phi) is 7.59. The molecule has 0 amide bonds. The first-order valence-electron chi connectivity index (χ1n) is 4.91. The normalized spacial score (nSPS) is 17.5. The van der Waals surface area contributed by atoms with Gasteiger partial charge in [-0.15, -0.1) is 0 Å². The fourth-order valence-corrected chi connectivity index (χ4v) is 3.18. The van der Waals surface area contributed by atoms with Crippen molar-refractivity contribution in [3.8, 4) is 0 Å². The summed E-state index contributed by atoms with van der Waals surface area (Å²) in [5, 5.41) is 0. The topological polar surface area (TPSA) is 49.1 Å². The van der Waals surface area contributed by atoms with Gasteiger partial charge in [-0.3, -0.25) is 0 Å². The molecule has 0 aromatic rings. The standard InChI is InChI=1S/C10H21NOS2/c1-5-6-7-8(2)9(11)10(13-3)14(4)12/h8H,5-7,11H2,1-4H3/b10-9-. The van der Waals surface area contributed by atoms with Crippen LogP contribution in [0.1, 0.15) is 33.1 Å². The molecule has 2 N–H and O–H groups in total. The van der Waals surface area contributed by atoms with Gasteiger partial charge in [0, 0.05) is 5.92 Å². The van der Waals surface area contributed by atoms with Gasteiger partial charge in [0.1, 0.15) is 6.26 Å². The van der Waals surface area contributed by atoms with Crippen molar-refractivity contribution >= 4 is 22.9 Å². The molecule has 2 unspecified atom stereocenters. The zero-order chi connectivity index (χ0) is 11.1. The molecule has 4 heteroatoms. The van der Waals surface area contributed by atoms with Gasteiger partial charge in [-0.25, -0.2) is 0 Å². The van der Waals surface area contributed by atoms with Crippen molar-refractivity contribution in [2.45, 2.75) is 33.1 Å². The molecule has 2 nitrogen and oxygen atoms in total. The molecule has 0 bridgehead atoms. The maximum absolute atomic E-state index is 11.3. The molecule has 0 saturated heterocycles. The van der Waals surface area contributed by atoms with E-state index in [-0.39, 0.29) is 0 Å². The Labute approximate surface area is 94.9 Å². The van der Waals surface area contributed by atoms with Crippen LogP contribution in [-0.2, 0) is 11.2 Å². The summed E-state index contributed by atoms with van der Waals surface area (Å²) in [6.45, 7) is 4.27. The lowest BCUT2D eigenvalue weighted by atomic mass is 10.0. The first kappa shape index (κ1) is 14.2. The Morgan fingerprint density at radius 2 is 2.14 bits per heavy atom. The van der Waals surface area contributed by atoms with Crippen molar-refractivity contribution in [1.29, 1.82) is 0 Å². The van der Waals surface area contributed by atoms with Gasteiger partial charge in [-0.2, -0.15) is 0 Å². The molecule has 0 aromatic carbocycles. The van der Waals surface area contributed by atoms with E-state index in [0.29, 0.717) is 5.92 Å². The van der Waals surface area contributed by atoms with Gasteiger partial charge in [0.15, 0.2) is 0 Å². The number of thioether (sulfide) groups is 1. The van der Waals surface area contributed by atoms with Crippen LogP contribution in [-0.4, -0.2) is 17.1 Å². The summed E-state index contributed by atoms with van der Waals surface area (Å²) in [5.41, 5.74) is 6.79. The van der Waals surface area contributed by atoms with Crippen molar-refractivity contribution in [3.63, 3.8) is 0 Å². The van der Waals surface area contributed by atoms with Crippen LogP contribution in [0.4, 0.5) is 0 Å². The highest BCUT2D eigenvalue weighted by atomic mass is 32.3. The minimum atomic E-state index is -0.942. The predicted molar refractivity (Wildman–Crippen MR) is 67.5 cm³/mol. The van der Waals surface area contributed by atoms with E-state index in [0.717, 1.165) is 16.4 Å². The van der Waals surface area contributed by atoms with Crippen LogP contribution in [0.5, 0.6) is 0 Å². The van der Waals surface area contributed by atoms with Crippen LogP contribution >= 0.6 is 11.8 Å². The molecule has 0 spiro atoms. The largest absolute Gasteiger partial charge is 0.611 e. The fourth-order valence-electron chi connectivity index (χ4n) is 1.27. The van der Waals surface area contributed by atoms with Gasteiger partial charge < -0.3 is 10.3 Å². The van der Waals surface area contributed by atoms with Crippen LogP contribution in [0.3, 0.4) is 0 Å².